The molecule has 0 aliphatic heterocycles. The van der Waals surface area contributed by atoms with Crippen LogP contribution in [-0.4, -0.2) is 42.5 Å². The first-order valence-electron chi connectivity index (χ1n) is 9.47. The molecule has 0 aromatic heterocycles. The van der Waals surface area contributed by atoms with E-state index in [1.807, 2.05) is 55.4 Å². The second-order valence-corrected chi connectivity index (χ2v) is 11.5. The number of hydrogen-bond acceptors (Lipinski definition) is 5. The van der Waals surface area contributed by atoms with Crippen molar-refractivity contribution in [3.8, 4) is 17.2 Å². The zero-order valence-electron chi connectivity index (χ0n) is 18.2. The van der Waals surface area contributed by atoms with Crippen LogP contribution in [0.25, 0.3) is 0 Å². The molecule has 5 nitrogen and oxygen atoms in total. The van der Waals surface area contributed by atoms with Crippen molar-refractivity contribution in [1.29, 1.82) is 0 Å². The highest BCUT2D eigenvalue weighted by Crippen LogP contribution is 2.43. The predicted octanol–water partition coefficient (Wildman–Crippen LogP) is 4.38. The number of ether oxygens (including phenoxy) is 2. The minimum absolute atomic E-state index is 0.0961. The minimum atomic E-state index is -1.55. The first kappa shape index (κ1) is 22.1. The molecular formula is C22H33NO4Si. The number of aliphatic hydroxyl groups excluding tert-OH is 1. The van der Waals surface area contributed by atoms with Gasteiger partial charge in [-0.05, 0) is 35.3 Å². The first-order valence-corrected chi connectivity index (χ1v) is 11.7. The average molecular weight is 404 g/mol. The van der Waals surface area contributed by atoms with E-state index in [4.69, 9.17) is 13.9 Å². The van der Waals surface area contributed by atoms with Crippen molar-refractivity contribution in [2.75, 3.05) is 33.2 Å². The Morgan fingerprint density at radius 3 is 2.00 bits per heavy atom. The van der Waals surface area contributed by atoms with Gasteiger partial charge in [0.15, 0.2) is 17.2 Å². The van der Waals surface area contributed by atoms with Crippen LogP contribution < -0.4 is 18.8 Å². The molecule has 0 spiro atoms. The lowest BCUT2D eigenvalue weighted by Crippen LogP contribution is -2.29. The van der Waals surface area contributed by atoms with E-state index in [9.17, 15) is 5.11 Å². The third-order valence-electron chi connectivity index (χ3n) is 5.03. The average Bonchev–Trinajstić information content (AvgIpc) is 2.66. The van der Waals surface area contributed by atoms with Gasteiger partial charge in [0, 0.05) is 25.3 Å². The summed E-state index contributed by atoms with van der Waals surface area (Å²) in [5.41, 5.74) is 2.48. The zero-order chi connectivity index (χ0) is 21.1. The molecule has 6 heteroatoms. The Labute approximate surface area is 170 Å². The number of anilines is 1. The largest absolute Gasteiger partial charge is 0.541 e. The third kappa shape index (κ3) is 4.80. The van der Waals surface area contributed by atoms with Gasteiger partial charge in [0.25, 0.3) is 0 Å². The summed E-state index contributed by atoms with van der Waals surface area (Å²) in [5, 5.41) is 11.2. The van der Waals surface area contributed by atoms with Crippen LogP contribution in [0.5, 0.6) is 17.2 Å². The predicted molar refractivity (Wildman–Crippen MR) is 118 cm³/mol. The van der Waals surface area contributed by atoms with E-state index in [0.29, 0.717) is 22.8 Å². The molecule has 2 rings (SSSR count). The van der Waals surface area contributed by atoms with Gasteiger partial charge in [-0.15, -0.1) is 0 Å². The number of rotatable bonds is 7. The molecular weight excluding hydrogens is 370 g/mol. The monoisotopic (exact) mass is 403 g/mol. The van der Waals surface area contributed by atoms with Crippen molar-refractivity contribution >= 4 is 14.7 Å². The van der Waals surface area contributed by atoms with E-state index >= 15 is 0 Å². The Kier molecular flexibility index (Phi) is 7.01. The first-order chi connectivity index (χ1) is 13.1. The zero-order valence-corrected chi connectivity index (χ0v) is 19.4. The van der Waals surface area contributed by atoms with E-state index in [1.165, 1.54) is 0 Å². The molecule has 0 saturated carbocycles. The fraction of sp³-hybridized carbons (Fsp3) is 0.455. The summed E-state index contributed by atoms with van der Waals surface area (Å²) < 4.78 is 17.5. The molecule has 0 bridgehead atoms. The molecule has 0 saturated heterocycles. The lowest BCUT2D eigenvalue weighted by atomic mass is 9.98. The molecule has 2 atom stereocenters. The van der Waals surface area contributed by atoms with Crippen molar-refractivity contribution in [2.45, 2.75) is 38.5 Å². The molecule has 0 fully saturated rings. The topological polar surface area (TPSA) is 51.2 Å². The lowest BCUT2D eigenvalue weighted by Gasteiger charge is -2.28. The summed E-state index contributed by atoms with van der Waals surface area (Å²) in [6, 6.07) is 11.5. The van der Waals surface area contributed by atoms with Crippen molar-refractivity contribution < 1.29 is 19.0 Å². The number of nitrogens with zero attached hydrogens (tertiary/aromatic N) is 1. The van der Waals surface area contributed by atoms with Crippen LogP contribution in [0.1, 0.15) is 38.0 Å². The molecule has 0 aliphatic rings. The Hall–Kier alpha value is -2.18. The van der Waals surface area contributed by atoms with Gasteiger partial charge in [0.2, 0.25) is 9.04 Å². The van der Waals surface area contributed by atoms with E-state index in [1.54, 1.807) is 14.2 Å². The van der Waals surface area contributed by atoms with Gasteiger partial charge in [-0.3, -0.25) is 0 Å². The van der Waals surface area contributed by atoms with Crippen molar-refractivity contribution in [3.63, 3.8) is 0 Å². The third-order valence-corrected chi connectivity index (χ3v) is 8.05. The summed E-state index contributed by atoms with van der Waals surface area (Å²) in [6.07, 6.45) is -0.812. The number of benzene rings is 2. The van der Waals surface area contributed by atoms with Crippen LogP contribution in [0.15, 0.2) is 36.4 Å². The smallest absolute Gasteiger partial charge is 0.238 e. The fourth-order valence-corrected chi connectivity index (χ4v) is 3.77. The number of methoxy groups -OCH3 is 2. The minimum Gasteiger partial charge on any atom is -0.541 e. The van der Waals surface area contributed by atoms with Crippen LogP contribution >= 0.6 is 0 Å². The second kappa shape index (κ2) is 8.88. The molecule has 2 aromatic carbocycles. The highest BCUT2D eigenvalue weighted by Gasteiger charge is 2.28. The summed E-state index contributed by atoms with van der Waals surface area (Å²) in [7, 11) is 5.58. The highest BCUT2D eigenvalue weighted by molar-refractivity contribution is 6.54. The van der Waals surface area contributed by atoms with Crippen LogP contribution in [0.2, 0.25) is 11.6 Å². The quantitative estimate of drug-likeness (QED) is 0.695. The van der Waals surface area contributed by atoms with Crippen LogP contribution in [-0.2, 0) is 0 Å². The van der Waals surface area contributed by atoms with Crippen molar-refractivity contribution in [1.82, 2.24) is 0 Å². The van der Waals surface area contributed by atoms with Gasteiger partial charge >= 0.3 is 0 Å². The highest BCUT2D eigenvalue weighted by atomic mass is 28.3. The van der Waals surface area contributed by atoms with Crippen LogP contribution in [0.4, 0.5) is 5.69 Å². The molecule has 1 N–H and O–H groups in total. The number of aliphatic hydroxyl groups is 1. The van der Waals surface area contributed by atoms with Crippen molar-refractivity contribution in [2.24, 2.45) is 0 Å². The van der Waals surface area contributed by atoms with Crippen LogP contribution in [0, 0.1) is 0 Å². The maximum Gasteiger partial charge on any atom is 0.238 e. The van der Waals surface area contributed by atoms with Gasteiger partial charge < -0.3 is 23.9 Å². The van der Waals surface area contributed by atoms with E-state index < -0.39 is 15.1 Å². The van der Waals surface area contributed by atoms with Gasteiger partial charge in [0.1, 0.15) is 6.10 Å². The van der Waals surface area contributed by atoms with E-state index in [2.05, 4.69) is 27.3 Å². The summed E-state index contributed by atoms with van der Waals surface area (Å²) in [6.45, 7) is 8.70. The Balaban J connectivity index is 2.50. The Bertz CT molecular complexity index is 776. The molecule has 0 heterocycles. The standard InChI is InChI=1S/C22H33NO4Si/c1-22(2,3)28(8)27-21-18(25-6)13-15(14-19(21)26-7)20(24)16-11-9-10-12-17(16)23(4)5/h9-14,20,24,28H,1-8H3. The van der Waals surface area contributed by atoms with E-state index in [0.717, 1.165) is 11.3 Å². The maximum atomic E-state index is 11.1. The molecule has 0 radical (unpaired) electrons. The summed E-state index contributed by atoms with van der Waals surface area (Å²) in [5.74, 6) is 1.75. The lowest BCUT2D eigenvalue weighted by molar-refractivity contribution is 0.219. The van der Waals surface area contributed by atoms with E-state index in [-0.39, 0.29) is 5.04 Å². The van der Waals surface area contributed by atoms with Crippen LogP contribution in [0.3, 0.4) is 0 Å². The molecule has 2 unspecified atom stereocenters. The van der Waals surface area contributed by atoms with Gasteiger partial charge in [-0.1, -0.05) is 39.0 Å². The summed E-state index contributed by atoms with van der Waals surface area (Å²) in [4.78, 5) is 1.99. The normalized spacial score (nSPS) is 13.6. The SMILES string of the molecule is COc1cc(C(O)c2ccccc2N(C)C)cc(OC)c1O[SiH](C)C(C)(C)C. The number of hydrogen-bond donors (Lipinski definition) is 1. The molecule has 28 heavy (non-hydrogen) atoms. The molecule has 2 aromatic rings. The van der Waals surface area contributed by atoms with Crippen molar-refractivity contribution in [3.05, 3.63) is 47.5 Å². The fourth-order valence-electron chi connectivity index (χ4n) is 2.83. The van der Waals surface area contributed by atoms with Gasteiger partial charge in [-0.25, -0.2) is 0 Å². The second-order valence-electron chi connectivity index (χ2n) is 8.24. The molecule has 154 valence electrons. The van der Waals surface area contributed by atoms with Gasteiger partial charge in [-0.2, -0.15) is 0 Å². The number of para-hydroxylation sites is 1. The Morgan fingerprint density at radius 1 is 1.00 bits per heavy atom. The molecule has 0 amide bonds. The summed E-state index contributed by atoms with van der Waals surface area (Å²) >= 11 is 0. The molecule has 0 aliphatic carbocycles. The maximum absolute atomic E-state index is 11.1. The Morgan fingerprint density at radius 2 is 1.54 bits per heavy atom. The van der Waals surface area contributed by atoms with Gasteiger partial charge in [0.05, 0.1) is 14.2 Å².